The highest BCUT2D eigenvalue weighted by Crippen LogP contribution is 2.28. The van der Waals surface area contributed by atoms with E-state index in [1.165, 1.54) is 0 Å². The van der Waals surface area contributed by atoms with Crippen LogP contribution < -0.4 is 20.3 Å². The number of anilines is 3. The highest BCUT2D eigenvalue weighted by Gasteiger charge is 2.23. The molecule has 1 saturated heterocycles. The van der Waals surface area contributed by atoms with Crippen LogP contribution in [0.2, 0.25) is 0 Å². The molecule has 3 rings (SSSR count). The molecule has 2 aromatic carbocycles. The molecule has 2 N–H and O–H groups in total. The Morgan fingerprint density at radius 1 is 1.12 bits per heavy atom. The molecule has 0 aromatic heterocycles. The number of carbonyl (C=O) groups excluding carboxylic acids is 2. The first-order valence-electron chi connectivity index (χ1n) is 8.20. The highest BCUT2D eigenvalue weighted by molar-refractivity contribution is 6.01. The topological polar surface area (TPSA) is 70.7 Å². The fourth-order valence-corrected chi connectivity index (χ4v) is 2.88. The molecule has 0 bridgehead atoms. The lowest BCUT2D eigenvalue weighted by Gasteiger charge is -2.19. The van der Waals surface area contributed by atoms with Gasteiger partial charge < -0.3 is 20.3 Å². The molecule has 3 amide bonds. The third kappa shape index (κ3) is 3.91. The molecule has 0 aliphatic carbocycles. The average molecular weight is 339 g/mol. The van der Waals surface area contributed by atoms with Gasteiger partial charge in [-0.3, -0.25) is 4.79 Å². The second-order valence-electron chi connectivity index (χ2n) is 5.96. The monoisotopic (exact) mass is 339 g/mol. The number of methoxy groups -OCH3 is 1. The first kappa shape index (κ1) is 16.8. The molecule has 2 aromatic rings. The van der Waals surface area contributed by atoms with E-state index in [0.29, 0.717) is 23.5 Å². The molecule has 1 aliphatic heterocycles. The van der Waals surface area contributed by atoms with Gasteiger partial charge in [-0.25, -0.2) is 4.79 Å². The summed E-state index contributed by atoms with van der Waals surface area (Å²) < 4.78 is 5.14. The van der Waals surface area contributed by atoms with E-state index in [4.69, 9.17) is 4.74 Å². The van der Waals surface area contributed by atoms with Gasteiger partial charge in [0.2, 0.25) is 5.91 Å². The molecule has 25 heavy (non-hydrogen) atoms. The van der Waals surface area contributed by atoms with Gasteiger partial charge in [-0.15, -0.1) is 0 Å². The minimum Gasteiger partial charge on any atom is -0.497 e. The maximum Gasteiger partial charge on any atom is 0.323 e. The van der Waals surface area contributed by atoms with Crippen molar-refractivity contribution >= 4 is 29.0 Å². The normalized spacial score (nSPS) is 13.7. The Morgan fingerprint density at radius 3 is 2.56 bits per heavy atom. The van der Waals surface area contributed by atoms with Crippen LogP contribution in [-0.4, -0.2) is 25.6 Å². The van der Waals surface area contributed by atoms with Crippen LogP contribution in [0.4, 0.5) is 21.9 Å². The molecule has 1 heterocycles. The number of nitrogens with one attached hydrogen (secondary N) is 2. The maximum absolute atomic E-state index is 12.2. The summed E-state index contributed by atoms with van der Waals surface area (Å²) in [5.74, 6) is 0.795. The average Bonchev–Trinajstić information content (AvgIpc) is 3.02. The van der Waals surface area contributed by atoms with Crippen molar-refractivity contribution in [1.82, 2.24) is 0 Å². The van der Waals surface area contributed by atoms with Gasteiger partial charge in [0.15, 0.2) is 0 Å². The number of rotatable bonds is 4. The summed E-state index contributed by atoms with van der Waals surface area (Å²) in [4.78, 5) is 26.0. The van der Waals surface area contributed by atoms with Gasteiger partial charge >= 0.3 is 6.03 Å². The van der Waals surface area contributed by atoms with Crippen LogP contribution in [0.1, 0.15) is 18.4 Å². The minimum absolute atomic E-state index is 0.126. The molecule has 6 nitrogen and oxygen atoms in total. The third-order valence-electron chi connectivity index (χ3n) is 4.16. The molecular weight excluding hydrogens is 318 g/mol. The van der Waals surface area contributed by atoms with Crippen molar-refractivity contribution in [1.29, 1.82) is 0 Å². The van der Waals surface area contributed by atoms with Gasteiger partial charge in [0.25, 0.3) is 0 Å². The Hall–Kier alpha value is -3.02. The van der Waals surface area contributed by atoms with Gasteiger partial charge in [-0.05, 0) is 43.2 Å². The summed E-state index contributed by atoms with van der Waals surface area (Å²) in [5, 5.41) is 5.57. The number of hydrogen-bond donors (Lipinski definition) is 2. The van der Waals surface area contributed by atoms with Crippen LogP contribution in [0.5, 0.6) is 5.75 Å². The van der Waals surface area contributed by atoms with Crippen molar-refractivity contribution in [2.75, 3.05) is 29.2 Å². The van der Waals surface area contributed by atoms with E-state index in [-0.39, 0.29) is 11.9 Å². The van der Waals surface area contributed by atoms with Gasteiger partial charge in [-0.2, -0.15) is 0 Å². The molecule has 130 valence electrons. The standard InChI is InChI=1S/C19H21N3O3/c1-13-8-9-15(12-17(13)22-10-4-7-18(22)23)21-19(24)20-14-5-3-6-16(11-14)25-2/h3,5-6,8-9,11-12H,4,7,10H2,1-2H3,(H2,20,21,24). The second kappa shape index (κ2) is 7.25. The van der Waals surface area contributed by atoms with Crippen LogP contribution in [0, 0.1) is 6.92 Å². The van der Waals surface area contributed by atoms with Crippen molar-refractivity contribution in [2.24, 2.45) is 0 Å². The Bertz CT molecular complexity index is 804. The molecule has 6 heteroatoms. The van der Waals surface area contributed by atoms with Crippen LogP contribution in [0.3, 0.4) is 0 Å². The summed E-state index contributed by atoms with van der Waals surface area (Å²) in [5.41, 5.74) is 3.13. The lowest BCUT2D eigenvalue weighted by molar-refractivity contribution is -0.117. The first-order valence-corrected chi connectivity index (χ1v) is 8.20. The lowest BCUT2D eigenvalue weighted by atomic mass is 10.1. The number of carbonyl (C=O) groups is 2. The van der Waals surface area contributed by atoms with Crippen LogP contribution in [0.15, 0.2) is 42.5 Å². The third-order valence-corrected chi connectivity index (χ3v) is 4.16. The van der Waals surface area contributed by atoms with Gasteiger partial charge in [0, 0.05) is 36.1 Å². The number of amides is 3. The zero-order chi connectivity index (χ0) is 17.8. The Kier molecular flexibility index (Phi) is 4.88. The van der Waals surface area contributed by atoms with E-state index < -0.39 is 0 Å². The quantitative estimate of drug-likeness (QED) is 0.891. The Labute approximate surface area is 146 Å². The van der Waals surface area contributed by atoms with Crippen molar-refractivity contribution in [3.8, 4) is 5.75 Å². The van der Waals surface area contributed by atoms with Crippen molar-refractivity contribution in [3.63, 3.8) is 0 Å². The van der Waals surface area contributed by atoms with Crippen LogP contribution >= 0.6 is 0 Å². The molecule has 0 saturated carbocycles. The minimum atomic E-state index is -0.351. The van der Waals surface area contributed by atoms with E-state index in [2.05, 4.69) is 10.6 Å². The largest absolute Gasteiger partial charge is 0.497 e. The summed E-state index contributed by atoms with van der Waals surface area (Å²) in [6.07, 6.45) is 1.44. The summed E-state index contributed by atoms with van der Waals surface area (Å²) >= 11 is 0. The second-order valence-corrected chi connectivity index (χ2v) is 5.96. The Morgan fingerprint density at radius 2 is 1.88 bits per heavy atom. The van der Waals surface area contributed by atoms with E-state index in [9.17, 15) is 9.59 Å². The van der Waals surface area contributed by atoms with Gasteiger partial charge in [-0.1, -0.05) is 12.1 Å². The van der Waals surface area contributed by atoms with E-state index in [1.807, 2.05) is 31.2 Å². The molecule has 1 fully saturated rings. The van der Waals surface area contributed by atoms with Crippen LogP contribution in [-0.2, 0) is 4.79 Å². The fraction of sp³-hybridized carbons (Fsp3) is 0.263. The predicted molar refractivity (Wildman–Crippen MR) is 98.4 cm³/mol. The SMILES string of the molecule is COc1cccc(NC(=O)Nc2ccc(C)c(N3CCCC3=O)c2)c1. The van der Waals surface area contributed by atoms with Crippen LogP contribution in [0.25, 0.3) is 0 Å². The van der Waals surface area contributed by atoms with Crippen molar-refractivity contribution in [2.45, 2.75) is 19.8 Å². The maximum atomic E-state index is 12.2. The molecule has 0 atom stereocenters. The zero-order valence-electron chi connectivity index (χ0n) is 14.3. The number of benzene rings is 2. The number of ether oxygens (including phenoxy) is 1. The summed E-state index contributed by atoms with van der Waals surface area (Å²) in [6, 6.07) is 12.3. The molecule has 0 unspecified atom stereocenters. The first-order chi connectivity index (χ1) is 12.1. The highest BCUT2D eigenvalue weighted by atomic mass is 16.5. The summed E-state index contributed by atoms with van der Waals surface area (Å²) in [7, 11) is 1.58. The molecular formula is C19H21N3O3. The zero-order valence-corrected chi connectivity index (χ0v) is 14.3. The Balaban J connectivity index is 1.72. The van der Waals surface area contributed by atoms with Crippen molar-refractivity contribution in [3.05, 3.63) is 48.0 Å². The number of hydrogen-bond acceptors (Lipinski definition) is 3. The van der Waals surface area contributed by atoms with Crippen molar-refractivity contribution < 1.29 is 14.3 Å². The number of nitrogens with zero attached hydrogens (tertiary/aromatic N) is 1. The van der Waals surface area contributed by atoms with E-state index in [0.717, 1.165) is 24.2 Å². The molecule has 1 aliphatic rings. The summed E-state index contributed by atoms with van der Waals surface area (Å²) in [6.45, 7) is 2.68. The van der Waals surface area contributed by atoms with E-state index in [1.54, 1.807) is 30.2 Å². The molecule has 0 spiro atoms. The van der Waals surface area contributed by atoms with Gasteiger partial charge in [0.1, 0.15) is 5.75 Å². The number of urea groups is 1. The predicted octanol–water partition coefficient (Wildman–Crippen LogP) is 3.77. The van der Waals surface area contributed by atoms with E-state index >= 15 is 0 Å². The van der Waals surface area contributed by atoms with Gasteiger partial charge in [0.05, 0.1) is 7.11 Å². The number of aryl methyl sites for hydroxylation is 1. The molecule has 0 radical (unpaired) electrons. The lowest BCUT2D eigenvalue weighted by Crippen LogP contribution is -2.25. The smallest absolute Gasteiger partial charge is 0.323 e. The fourth-order valence-electron chi connectivity index (χ4n) is 2.88.